The van der Waals surface area contributed by atoms with E-state index in [1.165, 1.54) is 18.2 Å². The van der Waals surface area contributed by atoms with Crippen molar-refractivity contribution in [3.8, 4) is 5.75 Å². The van der Waals surface area contributed by atoms with Crippen LogP contribution in [-0.4, -0.2) is 25.2 Å². The Kier molecular flexibility index (Phi) is 6.50. The second kappa shape index (κ2) is 7.07. The number of para-hydroxylation sites is 2. The maximum atomic E-state index is 12.0. The van der Waals surface area contributed by atoms with E-state index in [0.29, 0.717) is 0 Å². The van der Waals surface area contributed by atoms with Gasteiger partial charge in [-0.25, -0.2) is 0 Å². The molecule has 8 heteroatoms. The van der Waals surface area contributed by atoms with Crippen molar-refractivity contribution in [2.24, 2.45) is 5.73 Å². The highest BCUT2D eigenvalue weighted by Crippen LogP contribution is 2.26. The Morgan fingerprint density at radius 2 is 1.94 bits per heavy atom. The summed E-state index contributed by atoms with van der Waals surface area (Å²) in [6.07, 6.45) is -4.43. The fourth-order valence-electron chi connectivity index (χ4n) is 1.06. The Morgan fingerprint density at radius 1 is 1.33 bits per heavy atom. The van der Waals surface area contributed by atoms with E-state index in [4.69, 9.17) is 5.73 Å². The lowest BCUT2D eigenvalue weighted by molar-refractivity contribution is -0.153. The molecule has 1 amide bonds. The molecule has 0 aromatic heterocycles. The van der Waals surface area contributed by atoms with Gasteiger partial charge in [-0.1, -0.05) is 12.1 Å². The Bertz CT molecular complexity index is 399. The molecule has 18 heavy (non-hydrogen) atoms. The number of rotatable bonds is 4. The van der Waals surface area contributed by atoms with Gasteiger partial charge in [0.1, 0.15) is 5.75 Å². The number of halogens is 4. The third-order valence-corrected chi connectivity index (χ3v) is 1.74. The zero-order valence-corrected chi connectivity index (χ0v) is 9.98. The molecule has 0 aliphatic carbocycles. The summed E-state index contributed by atoms with van der Waals surface area (Å²) >= 11 is 0. The maximum absolute atomic E-state index is 12.0. The van der Waals surface area contributed by atoms with Crippen LogP contribution in [0.15, 0.2) is 24.3 Å². The molecule has 0 bridgehead atoms. The number of hydrogen-bond acceptors (Lipinski definition) is 3. The third-order valence-electron chi connectivity index (χ3n) is 1.74. The summed E-state index contributed by atoms with van der Waals surface area (Å²) in [6.45, 7) is -1.67. The number of nitrogens with two attached hydrogens (primary N) is 1. The van der Waals surface area contributed by atoms with Crippen molar-refractivity contribution in [3.63, 3.8) is 0 Å². The van der Waals surface area contributed by atoms with Crippen LogP contribution >= 0.6 is 12.4 Å². The number of carbonyl (C=O) groups is 1. The standard InChI is InChI=1S/C10H11F3N2O2.ClH/c11-10(12,13)6-17-8-4-2-1-3-7(8)15-9(16)5-14;/h1-4H,5-6,14H2,(H,15,16);1H. The van der Waals surface area contributed by atoms with Crippen LogP contribution in [0, 0.1) is 0 Å². The van der Waals surface area contributed by atoms with Crippen molar-refractivity contribution in [3.05, 3.63) is 24.3 Å². The van der Waals surface area contributed by atoms with Gasteiger partial charge in [-0.05, 0) is 12.1 Å². The largest absolute Gasteiger partial charge is 0.482 e. The molecule has 0 saturated heterocycles. The van der Waals surface area contributed by atoms with Crippen molar-refractivity contribution in [2.45, 2.75) is 6.18 Å². The first kappa shape index (κ1) is 16.5. The number of benzene rings is 1. The van der Waals surface area contributed by atoms with E-state index in [-0.39, 0.29) is 30.4 Å². The highest BCUT2D eigenvalue weighted by atomic mass is 35.5. The minimum atomic E-state index is -4.43. The number of ether oxygens (including phenoxy) is 1. The van der Waals surface area contributed by atoms with Crippen LogP contribution < -0.4 is 15.8 Å². The monoisotopic (exact) mass is 284 g/mol. The molecule has 0 spiro atoms. The molecule has 102 valence electrons. The number of carbonyl (C=O) groups excluding carboxylic acids is 1. The molecule has 0 saturated carbocycles. The van der Waals surface area contributed by atoms with Crippen molar-refractivity contribution >= 4 is 24.0 Å². The Hall–Kier alpha value is -1.47. The quantitative estimate of drug-likeness (QED) is 0.888. The second-order valence-corrected chi connectivity index (χ2v) is 3.15. The van der Waals surface area contributed by atoms with Crippen LogP contribution in [0.4, 0.5) is 18.9 Å². The number of anilines is 1. The van der Waals surface area contributed by atoms with Gasteiger partial charge in [-0.3, -0.25) is 4.79 Å². The van der Waals surface area contributed by atoms with E-state index >= 15 is 0 Å². The molecule has 0 fully saturated rings. The minimum absolute atomic E-state index is 0. The van der Waals surface area contributed by atoms with Crippen molar-refractivity contribution in [1.82, 2.24) is 0 Å². The lowest BCUT2D eigenvalue weighted by Crippen LogP contribution is -2.23. The zero-order chi connectivity index (χ0) is 12.9. The molecule has 4 nitrogen and oxygen atoms in total. The lowest BCUT2D eigenvalue weighted by atomic mass is 10.3. The molecule has 0 atom stereocenters. The van der Waals surface area contributed by atoms with Gasteiger partial charge in [-0.15, -0.1) is 12.4 Å². The van der Waals surface area contributed by atoms with Gasteiger partial charge in [0.15, 0.2) is 6.61 Å². The van der Waals surface area contributed by atoms with Crippen molar-refractivity contribution in [2.75, 3.05) is 18.5 Å². The second-order valence-electron chi connectivity index (χ2n) is 3.15. The van der Waals surface area contributed by atoms with E-state index < -0.39 is 18.7 Å². The predicted molar refractivity (Wildman–Crippen MR) is 62.9 cm³/mol. The molecule has 3 N–H and O–H groups in total. The summed E-state index contributed by atoms with van der Waals surface area (Å²) in [4.78, 5) is 11.0. The topological polar surface area (TPSA) is 64.4 Å². The summed E-state index contributed by atoms with van der Waals surface area (Å²) < 4.78 is 40.5. The van der Waals surface area contributed by atoms with E-state index in [9.17, 15) is 18.0 Å². The molecular formula is C10H12ClF3N2O2. The maximum Gasteiger partial charge on any atom is 0.422 e. The normalized spacial score (nSPS) is 10.4. The average Bonchev–Trinajstić information content (AvgIpc) is 2.26. The summed E-state index contributed by atoms with van der Waals surface area (Å²) in [5, 5.41) is 2.34. The smallest absolute Gasteiger partial charge is 0.422 e. The molecule has 0 heterocycles. The van der Waals surface area contributed by atoms with Crippen LogP contribution in [0.25, 0.3) is 0 Å². The van der Waals surface area contributed by atoms with Crippen LogP contribution in [0.3, 0.4) is 0 Å². The zero-order valence-electron chi connectivity index (χ0n) is 9.16. The van der Waals surface area contributed by atoms with Gasteiger partial charge in [0.05, 0.1) is 12.2 Å². The van der Waals surface area contributed by atoms with E-state index in [0.717, 1.165) is 0 Å². The summed E-state index contributed by atoms with van der Waals surface area (Å²) in [7, 11) is 0. The first-order valence-corrected chi connectivity index (χ1v) is 4.71. The van der Waals surface area contributed by atoms with Gasteiger partial charge >= 0.3 is 6.18 Å². The Labute approximate surface area is 108 Å². The van der Waals surface area contributed by atoms with Gasteiger partial charge in [0.25, 0.3) is 0 Å². The summed E-state index contributed by atoms with van der Waals surface area (Å²) in [6, 6.07) is 5.83. The average molecular weight is 285 g/mol. The van der Waals surface area contributed by atoms with Gasteiger partial charge < -0.3 is 15.8 Å². The molecular weight excluding hydrogens is 273 g/mol. The molecule has 1 rings (SSSR count). The predicted octanol–water partition coefficient (Wildman–Crippen LogP) is 1.95. The number of alkyl halides is 3. The highest BCUT2D eigenvalue weighted by molar-refractivity contribution is 5.93. The molecule has 0 aliphatic heterocycles. The van der Waals surface area contributed by atoms with Gasteiger partial charge in [0, 0.05) is 0 Å². The van der Waals surface area contributed by atoms with E-state index in [2.05, 4.69) is 10.1 Å². The fraction of sp³-hybridized carbons (Fsp3) is 0.300. The highest BCUT2D eigenvalue weighted by Gasteiger charge is 2.28. The fourth-order valence-corrected chi connectivity index (χ4v) is 1.06. The van der Waals surface area contributed by atoms with Gasteiger partial charge in [0.2, 0.25) is 5.91 Å². The number of amides is 1. The Balaban J connectivity index is 0.00000289. The number of nitrogens with one attached hydrogen (secondary N) is 1. The first-order chi connectivity index (χ1) is 7.92. The van der Waals surface area contributed by atoms with Gasteiger partial charge in [-0.2, -0.15) is 13.2 Å². The molecule has 1 aromatic carbocycles. The first-order valence-electron chi connectivity index (χ1n) is 4.71. The summed E-state index contributed by atoms with van der Waals surface area (Å²) in [5.41, 5.74) is 5.24. The Morgan fingerprint density at radius 3 is 2.50 bits per heavy atom. The molecule has 1 aromatic rings. The van der Waals surface area contributed by atoms with E-state index in [1.54, 1.807) is 6.07 Å². The molecule has 0 unspecified atom stereocenters. The molecule has 0 radical (unpaired) electrons. The SMILES string of the molecule is Cl.NCC(=O)Nc1ccccc1OCC(F)(F)F. The minimum Gasteiger partial charge on any atom is -0.482 e. The van der Waals surface area contributed by atoms with Crippen LogP contribution in [-0.2, 0) is 4.79 Å². The number of hydrogen-bond donors (Lipinski definition) is 2. The van der Waals surface area contributed by atoms with Crippen LogP contribution in [0.1, 0.15) is 0 Å². The van der Waals surface area contributed by atoms with Crippen molar-refractivity contribution < 1.29 is 22.7 Å². The third kappa shape index (κ3) is 5.74. The van der Waals surface area contributed by atoms with Crippen LogP contribution in [0.2, 0.25) is 0 Å². The lowest BCUT2D eigenvalue weighted by Gasteiger charge is -2.13. The summed E-state index contributed by atoms with van der Waals surface area (Å²) in [5.74, 6) is -0.556. The molecule has 0 aliphatic rings. The van der Waals surface area contributed by atoms with E-state index in [1.807, 2.05) is 0 Å². The van der Waals surface area contributed by atoms with Crippen molar-refractivity contribution in [1.29, 1.82) is 0 Å². The van der Waals surface area contributed by atoms with Crippen LogP contribution in [0.5, 0.6) is 5.75 Å².